The Balaban J connectivity index is 2.03. The number of nitrogens with one attached hydrogen (secondary N) is 2. The van der Waals surface area contributed by atoms with Crippen molar-refractivity contribution in [2.45, 2.75) is 42.6 Å². The molecule has 2 N–H and O–H groups in total. The first kappa shape index (κ1) is 22.4. The molecule has 5 nitrogen and oxygen atoms in total. The Kier molecular flexibility index (Phi) is 6.57. The maximum absolute atomic E-state index is 12.9. The normalized spacial score (nSPS) is 13.9. The average molecular weight is 435 g/mol. The van der Waals surface area contributed by atoms with Gasteiger partial charge in [0.2, 0.25) is 5.91 Å². The molecule has 0 bridgehead atoms. The summed E-state index contributed by atoms with van der Waals surface area (Å²) < 4.78 is 65.5. The van der Waals surface area contributed by atoms with Crippen LogP contribution in [0.4, 0.5) is 13.2 Å². The smallest absolute Gasteiger partial charge is 0.354 e. The number of carbonyl (C=O) groups is 1. The molecule has 0 fully saturated rings. The predicted octanol–water partition coefficient (Wildman–Crippen LogP) is 3.53. The molecule has 1 heterocycles. The number of hydrogen-bond acceptors (Lipinski definition) is 4. The van der Waals surface area contributed by atoms with E-state index in [-0.39, 0.29) is 10.8 Å². The highest BCUT2D eigenvalue weighted by molar-refractivity contribution is 7.91. The molecule has 154 valence electrons. The van der Waals surface area contributed by atoms with Crippen molar-refractivity contribution in [2.24, 2.45) is 0 Å². The summed E-state index contributed by atoms with van der Waals surface area (Å²) in [4.78, 5) is 12.3. The van der Waals surface area contributed by atoms with Gasteiger partial charge in [-0.2, -0.15) is 17.9 Å². The van der Waals surface area contributed by atoms with Crippen molar-refractivity contribution in [2.75, 3.05) is 6.54 Å². The molecule has 2 aromatic rings. The van der Waals surface area contributed by atoms with E-state index in [1.807, 2.05) is 0 Å². The highest BCUT2D eigenvalue weighted by Gasteiger charge is 2.32. The molecule has 28 heavy (non-hydrogen) atoms. The molecular formula is C18H21F3N2O3S2. The van der Waals surface area contributed by atoms with Crippen LogP contribution in [0.25, 0.3) is 0 Å². The van der Waals surface area contributed by atoms with Crippen molar-refractivity contribution in [3.8, 4) is 0 Å². The summed E-state index contributed by atoms with van der Waals surface area (Å²) in [7, 11) is -3.81. The molecule has 1 amide bonds. The Morgan fingerprint density at radius 2 is 1.79 bits per heavy atom. The number of sulfonamides is 1. The molecule has 1 aromatic carbocycles. The fourth-order valence-electron chi connectivity index (χ4n) is 2.44. The lowest BCUT2D eigenvalue weighted by Gasteiger charge is -2.27. The Bertz CT molecular complexity index is 924. The minimum absolute atomic E-state index is 0.0399. The summed E-state index contributed by atoms with van der Waals surface area (Å²) in [6.45, 7) is 4.84. The topological polar surface area (TPSA) is 75.3 Å². The maximum Gasteiger partial charge on any atom is 0.416 e. The van der Waals surface area contributed by atoms with Crippen LogP contribution in [0.5, 0.6) is 0 Å². The fraction of sp³-hybridized carbons (Fsp3) is 0.389. The van der Waals surface area contributed by atoms with Gasteiger partial charge in [0, 0.05) is 12.0 Å². The van der Waals surface area contributed by atoms with E-state index in [1.165, 1.54) is 19.1 Å². The standard InChI is InChI=1S/C18H21F3N2O3S2/c1-12(23-28(25,26)15-8-5-9-27-15)16(24)22-11-17(2,3)13-6-4-7-14(10-13)18(19,20)21/h4-10,12,23H,11H2,1-3H3,(H,22,24). The Morgan fingerprint density at radius 3 is 2.36 bits per heavy atom. The van der Waals surface area contributed by atoms with Crippen LogP contribution in [-0.4, -0.2) is 26.9 Å². The minimum atomic E-state index is -4.45. The zero-order valence-electron chi connectivity index (χ0n) is 15.5. The van der Waals surface area contributed by atoms with Crippen molar-refractivity contribution < 1.29 is 26.4 Å². The van der Waals surface area contributed by atoms with Gasteiger partial charge in [-0.25, -0.2) is 8.42 Å². The van der Waals surface area contributed by atoms with Crippen molar-refractivity contribution in [1.29, 1.82) is 0 Å². The number of benzene rings is 1. The zero-order valence-corrected chi connectivity index (χ0v) is 17.1. The van der Waals surface area contributed by atoms with Gasteiger partial charge in [-0.15, -0.1) is 11.3 Å². The lowest BCUT2D eigenvalue weighted by Crippen LogP contribution is -2.47. The Labute approximate surface area is 166 Å². The third-order valence-electron chi connectivity index (χ3n) is 4.16. The molecule has 1 unspecified atom stereocenters. The summed E-state index contributed by atoms with van der Waals surface area (Å²) in [5.41, 5.74) is -1.14. The van der Waals surface area contributed by atoms with Crippen LogP contribution in [-0.2, 0) is 26.4 Å². The average Bonchev–Trinajstić information content (AvgIpc) is 3.14. The van der Waals surface area contributed by atoms with Gasteiger partial charge in [-0.3, -0.25) is 4.79 Å². The van der Waals surface area contributed by atoms with E-state index in [4.69, 9.17) is 0 Å². The van der Waals surface area contributed by atoms with Gasteiger partial charge in [0.25, 0.3) is 10.0 Å². The SMILES string of the molecule is CC(NS(=O)(=O)c1cccs1)C(=O)NCC(C)(C)c1cccc(C(F)(F)F)c1. The number of carbonyl (C=O) groups excluding carboxylic acids is 1. The van der Waals surface area contributed by atoms with Gasteiger partial charge in [0.1, 0.15) is 4.21 Å². The molecule has 0 aliphatic rings. The van der Waals surface area contributed by atoms with E-state index in [1.54, 1.807) is 31.4 Å². The first-order valence-corrected chi connectivity index (χ1v) is 10.7. The second kappa shape index (κ2) is 8.22. The fourth-order valence-corrected chi connectivity index (χ4v) is 4.65. The first-order chi connectivity index (χ1) is 12.8. The van der Waals surface area contributed by atoms with Gasteiger partial charge in [0.05, 0.1) is 11.6 Å². The van der Waals surface area contributed by atoms with E-state index < -0.39 is 39.1 Å². The van der Waals surface area contributed by atoms with E-state index >= 15 is 0 Å². The van der Waals surface area contributed by atoms with E-state index in [0.29, 0.717) is 5.56 Å². The summed E-state index contributed by atoms with van der Waals surface area (Å²) in [6.07, 6.45) is -4.45. The van der Waals surface area contributed by atoms with Gasteiger partial charge < -0.3 is 5.32 Å². The third kappa shape index (κ3) is 5.55. The molecule has 1 aromatic heterocycles. The van der Waals surface area contributed by atoms with Crippen molar-refractivity contribution in [1.82, 2.24) is 10.0 Å². The van der Waals surface area contributed by atoms with Crippen LogP contribution in [0.15, 0.2) is 46.0 Å². The summed E-state index contributed by atoms with van der Waals surface area (Å²) >= 11 is 1.03. The molecule has 0 aliphatic heterocycles. The monoisotopic (exact) mass is 434 g/mol. The van der Waals surface area contributed by atoms with E-state index in [2.05, 4.69) is 10.0 Å². The predicted molar refractivity (Wildman–Crippen MR) is 102 cm³/mol. The number of hydrogen-bond donors (Lipinski definition) is 2. The van der Waals surface area contributed by atoms with Crippen LogP contribution in [0.3, 0.4) is 0 Å². The molecule has 0 saturated carbocycles. The number of halogens is 3. The number of alkyl halides is 3. The second-order valence-electron chi connectivity index (χ2n) is 6.96. The van der Waals surface area contributed by atoms with Crippen LogP contribution in [0.2, 0.25) is 0 Å². The molecule has 0 spiro atoms. The number of amides is 1. The van der Waals surface area contributed by atoms with Crippen LogP contribution in [0.1, 0.15) is 31.9 Å². The van der Waals surface area contributed by atoms with E-state index in [0.717, 1.165) is 23.5 Å². The maximum atomic E-state index is 12.9. The summed E-state index contributed by atoms with van der Waals surface area (Å²) in [5, 5.41) is 4.21. The van der Waals surface area contributed by atoms with Gasteiger partial charge >= 0.3 is 6.18 Å². The van der Waals surface area contributed by atoms with Crippen LogP contribution >= 0.6 is 11.3 Å². The minimum Gasteiger partial charge on any atom is -0.354 e. The molecule has 1 atom stereocenters. The van der Waals surface area contributed by atoms with Crippen molar-refractivity contribution >= 4 is 27.3 Å². The van der Waals surface area contributed by atoms with Gasteiger partial charge in [0.15, 0.2) is 0 Å². The van der Waals surface area contributed by atoms with Crippen LogP contribution < -0.4 is 10.0 Å². The quantitative estimate of drug-likeness (QED) is 0.700. The van der Waals surface area contributed by atoms with E-state index in [9.17, 15) is 26.4 Å². The van der Waals surface area contributed by atoms with Gasteiger partial charge in [-0.05, 0) is 30.0 Å². The summed E-state index contributed by atoms with van der Waals surface area (Å²) in [6, 6.07) is 6.89. The summed E-state index contributed by atoms with van der Waals surface area (Å²) in [5.74, 6) is -0.569. The molecule has 10 heteroatoms. The van der Waals surface area contributed by atoms with Crippen molar-refractivity contribution in [3.05, 3.63) is 52.9 Å². The lowest BCUT2D eigenvalue weighted by atomic mass is 9.83. The Morgan fingerprint density at radius 1 is 1.14 bits per heavy atom. The third-order valence-corrected chi connectivity index (χ3v) is 7.10. The largest absolute Gasteiger partial charge is 0.416 e. The molecular weight excluding hydrogens is 413 g/mol. The second-order valence-corrected chi connectivity index (χ2v) is 9.84. The number of thiophene rings is 1. The van der Waals surface area contributed by atoms with Gasteiger partial charge in [-0.1, -0.05) is 38.1 Å². The highest BCUT2D eigenvalue weighted by Crippen LogP contribution is 2.32. The molecule has 2 rings (SSSR count). The Hall–Kier alpha value is -1.91. The molecule has 0 aliphatic carbocycles. The number of rotatable bonds is 7. The zero-order chi connectivity index (χ0) is 21.2. The lowest BCUT2D eigenvalue weighted by molar-refractivity contribution is -0.137. The van der Waals surface area contributed by atoms with Crippen LogP contribution in [0, 0.1) is 0 Å². The van der Waals surface area contributed by atoms with Crippen molar-refractivity contribution in [3.63, 3.8) is 0 Å². The first-order valence-electron chi connectivity index (χ1n) is 8.34. The molecule has 0 radical (unpaired) electrons. The molecule has 0 saturated heterocycles. The highest BCUT2D eigenvalue weighted by atomic mass is 32.2.